The monoisotopic (exact) mass is 337 g/mol. The molecule has 1 unspecified atom stereocenters. The van der Waals surface area contributed by atoms with Crippen molar-refractivity contribution in [1.82, 2.24) is 15.5 Å². The summed E-state index contributed by atoms with van der Waals surface area (Å²) in [6.07, 6.45) is 1.38. The number of H-pyrrole nitrogens is 1. The molecule has 1 heterocycles. The molecule has 0 radical (unpaired) electrons. The van der Waals surface area contributed by atoms with E-state index in [2.05, 4.69) is 31.4 Å². The fourth-order valence-electron chi connectivity index (χ4n) is 1.71. The van der Waals surface area contributed by atoms with Crippen LogP contribution in [0, 0.1) is 6.92 Å². The van der Waals surface area contributed by atoms with E-state index in [-0.39, 0.29) is 12.0 Å². The highest BCUT2D eigenvalue weighted by Crippen LogP contribution is 2.24. The van der Waals surface area contributed by atoms with E-state index in [0.29, 0.717) is 12.1 Å². The molecule has 0 aliphatic heterocycles. The molecule has 0 spiro atoms. The van der Waals surface area contributed by atoms with Crippen LogP contribution in [0.4, 0.5) is 0 Å². The number of ether oxygens (including phenoxy) is 1. The van der Waals surface area contributed by atoms with Crippen LogP contribution in [-0.4, -0.2) is 28.8 Å². The SMILES string of the molecule is Cc1[nH]ncc1C(=O)NCC(C)Oc1ccccc1Br. The summed E-state index contributed by atoms with van der Waals surface area (Å²) in [5.74, 6) is 0.604. The van der Waals surface area contributed by atoms with E-state index in [1.165, 1.54) is 6.20 Å². The zero-order valence-electron chi connectivity index (χ0n) is 11.3. The Morgan fingerprint density at radius 3 is 2.90 bits per heavy atom. The summed E-state index contributed by atoms with van der Waals surface area (Å²) < 4.78 is 6.65. The summed E-state index contributed by atoms with van der Waals surface area (Å²) in [7, 11) is 0. The molecule has 2 aromatic rings. The highest BCUT2D eigenvalue weighted by atomic mass is 79.9. The first kappa shape index (κ1) is 14.6. The third kappa shape index (κ3) is 3.60. The van der Waals surface area contributed by atoms with Gasteiger partial charge in [-0.3, -0.25) is 9.89 Å². The van der Waals surface area contributed by atoms with Crippen LogP contribution in [0.3, 0.4) is 0 Å². The number of para-hydroxylation sites is 1. The van der Waals surface area contributed by atoms with Gasteiger partial charge in [0, 0.05) is 5.69 Å². The number of amides is 1. The lowest BCUT2D eigenvalue weighted by molar-refractivity contribution is 0.0931. The van der Waals surface area contributed by atoms with Crippen LogP contribution < -0.4 is 10.1 Å². The lowest BCUT2D eigenvalue weighted by atomic mass is 10.2. The van der Waals surface area contributed by atoms with Crippen molar-refractivity contribution in [3.63, 3.8) is 0 Å². The van der Waals surface area contributed by atoms with Gasteiger partial charge in [0.1, 0.15) is 11.9 Å². The number of carbonyl (C=O) groups is 1. The molecule has 0 fully saturated rings. The number of carbonyl (C=O) groups excluding carboxylic acids is 1. The van der Waals surface area contributed by atoms with Crippen LogP contribution in [0.15, 0.2) is 34.9 Å². The van der Waals surface area contributed by atoms with Crippen LogP contribution in [0.25, 0.3) is 0 Å². The second kappa shape index (κ2) is 6.56. The molecule has 1 aromatic heterocycles. The van der Waals surface area contributed by atoms with Crippen molar-refractivity contribution in [2.75, 3.05) is 6.54 Å². The van der Waals surface area contributed by atoms with Gasteiger partial charge >= 0.3 is 0 Å². The number of hydrogen-bond donors (Lipinski definition) is 2. The Hall–Kier alpha value is -1.82. The summed E-state index contributed by atoms with van der Waals surface area (Å²) >= 11 is 3.42. The van der Waals surface area contributed by atoms with Crippen molar-refractivity contribution in [2.45, 2.75) is 20.0 Å². The van der Waals surface area contributed by atoms with E-state index in [0.717, 1.165) is 15.9 Å². The predicted octanol–water partition coefficient (Wildman–Crippen LogP) is 2.68. The molecule has 0 saturated heterocycles. The van der Waals surface area contributed by atoms with Gasteiger partial charge in [0.25, 0.3) is 5.91 Å². The second-order valence-electron chi connectivity index (χ2n) is 4.48. The number of aromatic amines is 1. The first-order valence-electron chi connectivity index (χ1n) is 6.27. The molecule has 5 nitrogen and oxygen atoms in total. The fourth-order valence-corrected chi connectivity index (χ4v) is 2.09. The number of nitrogens with zero attached hydrogens (tertiary/aromatic N) is 1. The van der Waals surface area contributed by atoms with E-state index in [4.69, 9.17) is 4.74 Å². The maximum atomic E-state index is 11.9. The number of nitrogens with one attached hydrogen (secondary N) is 2. The van der Waals surface area contributed by atoms with Crippen LogP contribution >= 0.6 is 15.9 Å². The largest absolute Gasteiger partial charge is 0.488 e. The summed E-state index contributed by atoms with van der Waals surface area (Å²) in [6, 6.07) is 7.61. The molecule has 0 saturated carbocycles. The zero-order valence-corrected chi connectivity index (χ0v) is 12.9. The van der Waals surface area contributed by atoms with Crippen molar-refractivity contribution in [3.05, 3.63) is 46.2 Å². The molecule has 20 heavy (non-hydrogen) atoms. The number of aryl methyl sites for hydroxylation is 1. The number of hydrogen-bond acceptors (Lipinski definition) is 3. The Kier molecular flexibility index (Phi) is 4.79. The zero-order chi connectivity index (χ0) is 14.5. The molecule has 0 bridgehead atoms. The van der Waals surface area contributed by atoms with Crippen LogP contribution in [-0.2, 0) is 0 Å². The van der Waals surface area contributed by atoms with Crippen LogP contribution in [0.1, 0.15) is 23.0 Å². The average molecular weight is 338 g/mol. The summed E-state index contributed by atoms with van der Waals surface area (Å²) in [5.41, 5.74) is 1.31. The van der Waals surface area contributed by atoms with Crippen molar-refractivity contribution in [3.8, 4) is 5.75 Å². The molecular formula is C14H16BrN3O2. The summed E-state index contributed by atoms with van der Waals surface area (Å²) in [4.78, 5) is 11.9. The summed E-state index contributed by atoms with van der Waals surface area (Å²) in [5, 5.41) is 9.39. The molecule has 106 valence electrons. The third-order valence-electron chi connectivity index (χ3n) is 2.79. The lowest BCUT2D eigenvalue weighted by Gasteiger charge is -2.16. The van der Waals surface area contributed by atoms with E-state index in [1.54, 1.807) is 0 Å². The van der Waals surface area contributed by atoms with E-state index < -0.39 is 0 Å². The molecular weight excluding hydrogens is 322 g/mol. The topological polar surface area (TPSA) is 67.0 Å². The fraction of sp³-hybridized carbons (Fsp3) is 0.286. The van der Waals surface area contributed by atoms with E-state index in [9.17, 15) is 4.79 Å². The van der Waals surface area contributed by atoms with Gasteiger partial charge in [-0.15, -0.1) is 0 Å². The molecule has 6 heteroatoms. The average Bonchev–Trinajstić information content (AvgIpc) is 2.85. The van der Waals surface area contributed by atoms with Crippen molar-refractivity contribution in [1.29, 1.82) is 0 Å². The molecule has 2 rings (SSSR count). The van der Waals surface area contributed by atoms with Crippen molar-refractivity contribution >= 4 is 21.8 Å². The number of aromatic nitrogens is 2. The van der Waals surface area contributed by atoms with Gasteiger partial charge in [0.2, 0.25) is 0 Å². The van der Waals surface area contributed by atoms with E-state index >= 15 is 0 Å². The molecule has 2 N–H and O–H groups in total. The first-order chi connectivity index (χ1) is 9.58. The minimum atomic E-state index is -0.154. The van der Waals surface area contributed by atoms with Crippen LogP contribution in [0.5, 0.6) is 5.75 Å². The van der Waals surface area contributed by atoms with Gasteiger partial charge in [-0.25, -0.2) is 0 Å². The molecule has 1 amide bonds. The maximum absolute atomic E-state index is 11.9. The van der Waals surface area contributed by atoms with Gasteiger partial charge in [-0.05, 0) is 41.9 Å². The van der Waals surface area contributed by atoms with Gasteiger partial charge in [-0.1, -0.05) is 12.1 Å². The predicted molar refractivity (Wildman–Crippen MR) is 79.9 cm³/mol. The Morgan fingerprint density at radius 2 is 2.25 bits per heavy atom. The minimum absolute atomic E-state index is 0.134. The molecule has 0 aliphatic rings. The van der Waals surface area contributed by atoms with Crippen molar-refractivity contribution < 1.29 is 9.53 Å². The Labute approximate surface area is 125 Å². The quantitative estimate of drug-likeness (QED) is 0.881. The van der Waals surface area contributed by atoms with E-state index in [1.807, 2.05) is 38.1 Å². The number of halogens is 1. The van der Waals surface area contributed by atoms with Crippen LogP contribution in [0.2, 0.25) is 0 Å². The molecule has 1 aromatic carbocycles. The smallest absolute Gasteiger partial charge is 0.254 e. The molecule has 1 atom stereocenters. The van der Waals surface area contributed by atoms with Crippen molar-refractivity contribution in [2.24, 2.45) is 0 Å². The van der Waals surface area contributed by atoms with Gasteiger partial charge in [0.05, 0.1) is 22.8 Å². The standard InChI is InChI=1S/C14H16BrN3O2/c1-9(20-13-6-4-3-5-12(13)15)7-16-14(19)11-8-17-18-10(11)2/h3-6,8-9H,7H2,1-2H3,(H,16,19)(H,17,18). The highest BCUT2D eigenvalue weighted by Gasteiger charge is 2.13. The lowest BCUT2D eigenvalue weighted by Crippen LogP contribution is -2.33. The molecule has 0 aliphatic carbocycles. The Balaban J connectivity index is 1.87. The van der Waals surface area contributed by atoms with Gasteiger partial charge in [-0.2, -0.15) is 5.10 Å². The maximum Gasteiger partial charge on any atom is 0.254 e. The van der Waals surface area contributed by atoms with Gasteiger partial charge < -0.3 is 10.1 Å². The first-order valence-corrected chi connectivity index (χ1v) is 7.06. The number of benzene rings is 1. The summed E-state index contributed by atoms with van der Waals surface area (Å²) in [6.45, 7) is 4.13. The normalized spacial score (nSPS) is 11.9. The third-order valence-corrected chi connectivity index (χ3v) is 3.44. The van der Waals surface area contributed by atoms with Gasteiger partial charge in [0.15, 0.2) is 0 Å². The highest BCUT2D eigenvalue weighted by molar-refractivity contribution is 9.10. The Morgan fingerprint density at radius 1 is 1.50 bits per heavy atom. The number of rotatable bonds is 5. The second-order valence-corrected chi connectivity index (χ2v) is 5.33. The minimum Gasteiger partial charge on any atom is -0.488 e. The Bertz CT molecular complexity index is 598.